The highest BCUT2D eigenvalue weighted by molar-refractivity contribution is 5.88. The number of carbonyl (C=O) groups excluding carboxylic acids is 1. The number of nitrogens with one attached hydrogen (secondary N) is 2. The molecule has 1 amide bonds. The van der Waals surface area contributed by atoms with Crippen LogP contribution in [0.3, 0.4) is 0 Å². The summed E-state index contributed by atoms with van der Waals surface area (Å²) < 4.78 is 0. The van der Waals surface area contributed by atoms with Gasteiger partial charge in [0.05, 0.1) is 11.0 Å². The van der Waals surface area contributed by atoms with Crippen molar-refractivity contribution in [2.24, 2.45) is 0 Å². The van der Waals surface area contributed by atoms with E-state index < -0.39 is 6.09 Å². The quantitative estimate of drug-likeness (QED) is 0.771. The molecule has 1 aromatic heterocycles. The second-order valence-electron chi connectivity index (χ2n) is 4.57. The smallest absolute Gasteiger partial charge is 0.206 e. The van der Waals surface area contributed by atoms with Crippen LogP contribution >= 0.6 is 0 Å². The fourth-order valence-corrected chi connectivity index (χ4v) is 2.16. The van der Waals surface area contributed by atoms with Gasteiger partial charge in [0.2, 0.25) is 5.95 Å². The van der Waals surface area contributed by atoms with Crippen LogP contribution in [0.15, 0.2) is 55.1 Å². The van der Waals surface area contributed by atoms with Crippen LogP contribution in [0.2, 0.25) is 0 Å². The van der Waals surface area contributed by atoms with Gasteiger partial charge in [-0.05, 0) is 28.8 Å². The zero-order valence-corrected chi connectivity index (χ0v) is 11.1. The van der Waals surface area contributed by atoms with Gasteiger partial charge in [-0.3, -0.25) is 0 Å². The highest BCUT2D eigenvalue weighted by Gasteiger charge is 2.06. The topological polar surface area (TPSA) is 80.8 Å². The number of aromatic amines is 1. The maximum atomic E-state index is 10.5. The van der Waals surface area contributed by atoms with Crippen LogP contribution in [0, 0.1) is 0 Å². The van der Waals surface area contributed by atoms with Crippen LogP contribution in [0.4, 0.5) is 10.7 Å². The van der Waals surface area contributed by atoms with Crippen LogP contribution in [-0.4, -0.2) is 16.1 Å². The molecule has 3 rings (SSSR count). The molecule has 0 bridgehead atoms. The first-order valence-corrected chi connectivity index (χ1v) is 6.36. The van der Waals surface area contributed by atoms with Crippen molar-refractivity contribution in [1.82, 2.24) is 9.97 Å². The van der Waals surface area contributed by atoms with Crippen LogP contribution in [0.1, 0.15) is 11.1 Å². The molecule has 0 radical (unpaired) electrons. The molecule has 2 N–H and O–H groups in total. The standard InChI is InChI=1S/C16H13N3O2/c1-10(11-5-3-2-4-6-11)12-7-8-13-14(9-12)18-15(17-13)19-16(20)21/h2-9H,1H2,(H,20,21)(H2,17,18,19)/p-1. The number of fused-ring (bicyclic) bond motifs is 1. The Morgan fingerprint density at radius 3 is 2.62 bits per heavy atom. The molecule has 0 fully saturated rings. The lowest BCUT2D eigenvalue weighted by Crippen LogP contribution is -2.29. The minimum atomic E-state index is -1.40. The maximum absolute atomic E-state index is 10.5. The molecule has 0 saturated heterocycles. The Balaban J connectivity index is 1.97. The third-order valence-corrected chi connectivity index (χ3v) is 3.17. The number of hydrogen-bond donors (Lipinski definition) is 2. The van der Waals surface area contributed by atoms with Gasteiger partial charge in [-0.15, -0.1) is 0 Å². The van der Waals surface area contributed by atoms with E-state index in [1.165, 1.54) is 0 Å². The molecule has 104 valence electrons. The molecule has 0 aliphatic carbocycles. The van der Waals surface area contributed by atoms with Gasteiger partial charge < -0.3 is 20.2 Å². The van der Waals surface area contributed by atoms with Gasteiger partial charge in [0, 0.05) is 0 Å². The molecular weight excluding hydrogens is 266 g/mol. The highest BCUT2D eigenvalue weighted by Crippen LogP contribution is 2.24. The van der Waals surface area contributed by atoms with Crippen LogP contribution in [0.25, 0.3) is 16.6 Å². The van der Waals surface area contributed by atoms with E-state index in [0.29, 0.717) is 5.52 Å². The molecule has 0 unspecified atom stereocenters. The highest BCUT2D eigenvalue weighted by atomic mass is 16.4. The van der Waals surface area contributed by atoms with Crippen molar-refractivity contribution in [3.8, 4) is 0 Å². The number of H-pyrrole nitrogens is 1. The summed E-state index contributed by atoms with van der Waals surface area (Å²) in [5, 5.41) is 12.6. The predicted octanol–water partition coefficient (Wildman–Crippen LogP) is 2.38. The van der Waals surface area contributed by atoms with E-state index in [9.17, 15) is 9.90 Å². The molecule has 1 heterocycles. The number of aromatic nitrogens is 2. The lowest BCUT2D eigenvalue weighted by atomic mass is 9.99. The van der Waals surface area contributed by atoms with Crippen molar-refractivity contribution in [2.45, 2.75) is 0 Å². The van der Waals surface area contributed by atoms with E-state index >= 15 is 0 Å². The van der Waals surface area contributed by atoms with Crippen molar-refractivity contribution in [3.05, 3.63) is 66.2 Å². The maximum Gasteiger partial charge on any atom is 0.206 e. The van der Waals surface area contributed by atoms with Gasteiger partial charge in [0.15, 0.2) is 0 Å². The summed E-state index contributed by atoms with van der Waals surface area (Å²) in [6.07, 6.45) is -1.40. The minimum Gasteiger partial charge on any atom is -0.530 e. The van der Waals surface area contributed by atoms with E-state index in [-0.39, 0.29) is 5.95 Å². The minimum absolute atomic E-state index is 0.146. The van der Waals surface area contributed by atoms with Crippen LogP contribution in [-0.2, 0) is 0 Å². The summed E-state index contributed by atoms with van der Waals surface area (Å²) in [5.74, 6) is 0.146. The van der Waals surface area contributed by atoms with Gasteiger partial charge in [-0.25, -0.2) is 4.98 Å². The molecular formula is C16H12N3O2-. The van der Waals surface area contributed by atoms with E-state index in [1.54, 1.807) is 0 Å². The van der Waals surface area contributed by atoms with Gasteiger partial charge in [-0.2, -0.15) is 0 Å². The Bertz CT molecular complexity index is 822. The van der Waals surface area contributed by atoms with E-state index in [0.717, 1.165) is 22.2 Å². The molecule has 0 atom stereocenters. The Labute approximate surface area is 121 Å². The Kier molecular flexibility index (Phi) is 3.16. The summed E-state index contributed by atoms with van der Waals surface area (Å²) in [7, 11) is 0. The Morgan fingerprint density at radius 2 is 1.90 bits per heavy atom. The van der Waals surface area contributed by atoms with Gasteiger partial charge in [0.25, 0.3) is 0 Å². The van der Waals surface area contributed by atoms with Crippen molar-refractivity contribution in [1.29, 1.82) is 0 Å². The lowest BCUT2D eigenvalue weighted by Gasteiger charge is -2.05. The first kappa shape index (κ1) is 12.9. The SMILES string of the molecule is C=C(c1ccccc1)c1ccc2nc(NC(=O)[O-])[nH]c2c1. The second-order valence-corrected chi connectivity index (χ2v) is 4.57. The van der Waals surface area contributed by atoms with Crippen LogP contribution in [0.5, 0.6) is 0 Å². The van der Waals surface area contributed by atoms with Gasteiger partial charge in [-0.1, -0.05) is 43.0 Å². The van der Waals surface area contributed by atoms with Crippen molar-refractivity contribution < 1.29 is 9.90 Å². The number of nitrogens with zero attached hydrogens (tertiary/aromatic N) is 1. The summed E-state index contributed by atoms with van der Waals surface area (Å²) in [5.41, 5.74) is 4.26. The molecule has 5 heteroatoms. The normalized spacial score (nSPS) is 10.5. The number of carbonyl (C=O) groups is 1. The number of amides is 1. The number of imidazole rings is 1. The monoisotopic (exact) mass is 278 g/mol. The molecule has 0 spiro atoms. The first-order valence-electron chi connectivity index (χ1n) is 6.36. The summed E-state index contributed by atoms with van der Waals surface area (Å²) in [4.78, 5) is 17.5. The average molecular weight is 278 g/mol. The van der Waals surface area contributed by atoms with Crippen molar-refractivity contribution in [3.63, 3.8) is 0 Å². The zero-order valence-electron chi connectivity index (χ0n) is 11.1. The number of benzene rings is 2. The van der Waals surface area contributed by atoms with E-state index in [4.69, 9.17) is 0 Å². The Hall–Kier alpha value is -3.08. The first-order chi connectivity index (χ1) is 10.1. The van der Waals surface area contributed by atoms with Gasteiger partial charge >= 0.3 is 0 Å². The Morgan fingerprint density at radius 1 is 1.14 bits per heavy atom. The zero-order chi connectivity index (χ0) is 14.8. The van der Waals surface area contributed by atoms with E-state index in [1.807, 2.05) is 48.5 Å². The van der Waals surface area contributed by atoms with Crippen molar-refractivity contribution >= 4 is 28.6 Å². The average Bonchev–Trinajstić information content (AvgIpc) is 2.87. The molecule has 3 aromatic rings. The third-order valence-electron chi connectivity index (χ3n) is 3.17. The fraction of sp³-hybridized carbons (Fsp3) is 0. The van der Waals surface area contributed by atoms with Crippen LogP contribution < -0.4 is 10.4 Å². The van der Waals surface area contributed by atoms with Gasteiger partial charge in [0.1, 0.15) is 6.09 Å². The molecule has 21 heavy (non-hydrogen) atoms. The largest absolute Gasteiger partial charge is 0.530 e. The molecule has 0 saturated carbocycles. The number of carboxylic acid groups (broad SMARTS) is 1. The van der Waals surface area contributed by atoms with E-state index in [2.05, 4.69) is 21.9 Å². The van der Waals surface area contributed by atoms with Crippen molar-refractivity contribution in [2.75, 3.05) is 5.32 Å². The number of hydrogen-bond acceptors (Lipinski definition) is 3. The summed E-state index contributed by atoms with van der Waals surface area (Å²) >= 11 is 0. The lowest BCUT2D eigenvalue weighted by molar-refractivity contribution is -0.242. The molecule has 2 aromatic carbocycles. The summed E-state index contributed by atoms with van der Waals surface area (Å²) in [6, 6.07) is 15.4. The predicted molar refractivity (Wildman–Crippen MR) is 79.7 cm³/mol. The third kappa shape index (κ3) is 2.62. The molecule has 0 aliphatic rings. The number of anilines is 1. The second kappa shape index (κ2) is 5.13. The molecule has 0 aliphatic heterocycles. The molecule has 5 nitrogen and oxygen atoms in total. The number of rotatable bonds is 3. The summed E-state index contributed by atoms with van der Waals surface area (Å²) in [6.45, 7) is 4.10. The fourth-order valence-electron chi connectivity index (χ4n) is 2.16.